The maximum Gasteiger partial charge on any atom is 0.241 e. The van der Waals surface area contributed by atoms with Crippen molar-refractivity contribution in [2.24, 2.45) is 0 Å². The van der Waals surface area contributed by atoms with Gasteiger partial charge in [0.15, 0.2) is 0 Å². The van der Waals surface area contributed by atoms with E-state index in [0.717, 1.165) is 5.56 Å². The fourth-order valence-corrected chi connectivity index (χ4v) is 2.25. The number of benzene rings is 1. The number of nitrogens with zero attached hydrogens (tertiary/aromatic N) is 1. The van der Waals surface area contributed by atoms with Gasteiger partial charge in [-0.05, 0) is 24.1 Å². The topological polar surface area (TPSA) is 55.6 Å². The summed E-state index contributed by atoms with van der Waals surface area (Å²) in [6.07, 6.45) is 0.526. The highest BCUT2D eigenvalue weighted by molar-refractivity contribution is 6.30. The van der Waals surface area contributed by atoms with Crippen molar-refractivity contribution in [2.45, 2.75) is 11.8 Å². The Morgan fingerprint density at radius 1 is 1.33 bits per heavy atom. The average molecular weight is 269 g/mol. The normalized spacial score (nSPS) is 17.5. The Morgan fingerprint density at radius 2 is 1.94 bits per heavy atom. The van der Waals surface area contributed by atoms with Gasteiger partial charge in [0.25, 0.3) is 0 Å². The fourth-order valence-electron chi connectivity index (χ4n) is 1.93. The molecule has 0 spiro atoms. The van der Waals surface area contributed by atoms with Crippen molar-refractivity contribution in [3.05, 3.63) is 29.8 Å². The van der Waals surface area contributed by atoms with Gasteiger partial charge in [0, 0.05) is 18.8 Å². The van der Waals surface area contributed by atoms with Crippen molar-refractivity contribution < 1.29 is 9.53 Å². The predicted octanol–water partition coefficient (Wildman–Crippen LogP) is 1.28. The molecule has 2 rings (SSSR count). The van der Waals surface area contributed by atoms with E-state index in [0.29, 0.717) is 38.4 Å². The molecule has 98 valence electrons. The highest BCUT2D eigenvalue weighted by Crippen LogP contribution is 2.14. The van der Waals surface area contributed by atoms with Crippen LogP contribution in [-0.2, 0) is 16.0 Å². The maximum atomic E-state index is 12.1. The summed E-state index contributed by atoms with van der Waals surface area (Å²) >= 11 is 6.18. The van der Waals surface area contributed by atoms with E-state index in [-0.39, 0.29) is 5.91 Å². The van der Waals surface area contributed by atoms with E-state index in [9.17, 15) is 4.79 Å². The number of alkyl halides is 1. The maximum absolute atomic E-state index is 12.1. The second-order valence-corrected chi connectivity index (χ2v) is 4.88. The number of halogens is 1. The van der Waals surface area contributed by atoms with Crippen LogP contribution in [0.25, 0.3) is 0 Å². The van der Waals surface area contributed by atoms with Crippen molar-refractivity contribution in [2.75, 3.05) is 32.0 Å². The summed E-state index contributed by atoms with van der Waals surface area (Å²) in [5, 5.41) is -0.522. The zero-order valence-corrected chi connectivity index (χ0v) is 10.9. The van der Waals surface area contributed by atoms with Crippen molar-refractivity contribution in [3.8, 4) is 0 Å². The van der Waals surface area contributed by atoms with Gasteiger partial charge < -0.3 is 15.4 Å². The van der Waals surface area contributed by atoms with Crippen LogP contribution in [0.3, 0.4) is 0 Å². The minimum absolute atomic E-state index is 0.0169. The summed E-state index contributed by atoms with van der Waals surface area (Å²) in [5.74, 6) is -0.0169. The minimum atomic E-state index is -0.522. The number of hydrogen-bond donors (Lipinski definition) is 1. The first-order valence-electron chi connectivity index (χ1n) is 6.02. The van der Waals surface area contributed by atoms with E-state index in [1.807, 2.05) is 24.3 Å². The Morgan fingerprint density at radius 3 is 2.56 bits per heavy atom. The number of morpholine rings is 1. The van der Waals surface area contributed by atoms with E-state index in [1.54, 1.807) is 4.90 Å². The van der Waals surface area contributed by atoms with Crippen LogP contribution in [0.15, 0.2) is 24.3 Å². The summed E-state index contributed by atoms with van der Waals surface area (Å²) in [4.78, 5) is 13.8. The van der Waals surface area contributed by atoms with Crippen LogP contribution in [0.1, 0.15) is 5.56 Å². The molecule has 1 aromatic carbocycles. The molecule has 1 heterocycles. The van der Waals surface area contributed by atoms with Crippen molar-refractivity contribution in [1.82, 2.24) is 4.90 Å². The largest absolute Gasteiger partial charge is 0.399 e. The van der Waals surface area contributed by atoms with Gasteiger partial charge in [-0.15, -0.1) is 11.6 Å². The average Bonchev–Trinajstić information content (AvgIpc) is 2.41. The van der Waals surface area contributed by atoms with Gasteiger partial charge >= 0.3 is 0 Å². The fraction of sp³-hybridized carbons (Fsp3) is 0.462. The monoisotopic (exact) mass is 268 g/mol. The van der Waals surface area contributed by atoms with E-state index >= 15 is 0 Å². The molecule has 1 saturated heterocycles. The summed E-state index contributed by atoms with van der Waals surface area (Å²) in [6.45, 7) is 2.45. The SMILES string of the molecule is Nc1ccc(CC(Cl)C(=O)N2CCOCC2)cc1. The van der Waals surface area contributed by atoms with Gasteiger partial charge in [-0.3, -0.25) is 4.79 Å². The van der Waals surface area contributed by atoms with Gasteiger partial charge in [-0.25, -0.2) is 0 Å². The zero-order valence-electron chi connectivity index (χ0n) is 10.1. The summed E-state index contributed by atoms with van der Waals surface area (Å²) in [6, 6.07) is 7.44. The van der Waals surface area contributed by atoms with Crippen LogP contribution in [-0.4, -0.2) is 42.5 Å². The molecule has 1 fully saturated rings. The van der Waals surface area contributed by atoms with Crippen molar-refractivity contribution >= 4 is 23.2 Å². The van der Waals surface area contributed by atoms with E-state index in [2.05, 4.69) is 0 Å². The third-order valence-corrected chi connectivity index (χ3v) is 3.33. The molecule has 2 N–H and O–H groups in total. The van der Waals surface area contributed by atoms with Gasteiger partial charge in [-0.1, -0.05) is 12.1 Å². The lowest BCUT2D eigenvalue weighted by atomic mass is 10.1. The van der Waals surface area contributed by atoms with Crippen LogP contribution in [0, 0.1) is 0 Å². The number of carbonyl (C=O) groups is 1. The van der Waals surface area contributed by atoms with E-state index in [1.165, 1.54) is 0 Å². The Bertz CT molecular complexity index is 402. The molecular weight excluding hydrogens is 252 g/mol. The van der Waals surface area contributed by atoms with Crippen molar-refractivity contribution in [3.63, 3.8) is 0 Å². The summed E-state index contributed by atoms with van der Waals surface area (Å²) < 4.78 is 5.21. The molecule has 0 aliphatic carbocycles. The quantitative estimate of drug-likeness (QED) is 0.664. The number of carbonyl (C=O) groups excluding carboxylic acids is 1. The molecule has 5 heteroatoms. The molecule has 0 bridgehead atoms. The first kappa shape index (κ1) is 13.2. The number of nitrogen functional groups attached to an aromatic ring is 1. The first-order valence-corrected chi connectivity index (χ1v) is 6.45. The van der Waals surface area contributed by atoms with Crippen LogP contribution in [0.5, 0.6) is 0 Å². The molecule has 1 unspecified atom stereocenters. The number of anilines is 1. The summed E-state index contributed by atoms with van der Waals surface area (Å²) in [5.41, 5.74) is 7.34. The van der Waals surface area contributed by atoms with Gasteiger partial charge in [0.1, 0.15) is 5.38 Å². The molecule has 4 nitrogen and oxygen atoms in total. The van der Waals surface area contributed by atoms with Gasteiger partial charge in [0.05, 0.1) is 13.2 Å². The van der Waals surface area contributed by atoms with Crippen LogP contribution in [0.2, 0.25) is 0 Å². The van der Waals surface area contributed by atoms with Crippen LogP contribution >= 0.6 is 11.6 Å². The lowest BCUT2D eigenvalue weighted by molar-refractivity contribution is -0.134. The van der Waals surface area contributed by atoms with Crippen molar-refractivity contribution in [1.29, 1.82) is 0 Å². The predicted molar refractivity (Wildman–Crippen MR) is 71.6 cm³/mol. The highest BCUT2D eigenvalue weighted by atomic mass is 35.5. The number of nitrogens with two attached hydrogens (primary N) is 1. The van der Waals surface area contributed by atoms with E-state index < -0.39 is 5.38 Å². The molecule has 1 amide bonds. The number of ether oxygens (including phenoxy) is 1. The lowest BCUT2D eigenvalue weighted by Gasteiger charge is -2.28. The molecule has 1 aliphatic rings. The van der Waals surface area contributed by atoms with E-state index in [4.69, 9.17) is 22.1 Å². The zero-order chi connectivity index (χ0) is 13.0. The third kappa shape index (κ3) is 3.37. The van der Waals surface area contributed by atoms with Gasteiger partial charge in [0.2, 0.25) is 5.91 Å². The molecule has 1 aliphatic heterocycles. The molecule has 0 aromatic heterocycles. The van der Waals surface area contributed by atoms with Gasteiger partial charge in [-0.2, -0.15) is 0 Å². The number of hydrogen-bond acceptors (Lipinski definition) is 3. The van der Waals surface area contributed by atoms with Crippen LogP contribution < -0.4 is 5.73 Å². The Hall–Kier alpha value is -1.26. The standard InChI is InChI=1S/C13H17ClN2O2/c14-12(9-10-1-3-11(15)4-2-10)13(17)16-5-7-18-8-6-16/h1-4,12H,5-9,15H2. The molecular formula is C13H17ClN2O2. The number of rotatable bonds is 3. The molecule has 0 radical (unpaired) electrons. The van der Waals surface area contributed by atoms with Crippen LogP contribution in [0.4, 0.5) is 5.69 Å². The Balaban J connectivity index is 1.92. The second-order valence-electron chi connectivity index (χ2n) is 4.35. The molecule has 1 atom stereocenters. The second kappa shape index (κ2) is 6.07. The molecule has 0 saturated carbocycles. The highest BCUT2D eigenvalue weighted by Gasteiger charge is 2.24. The first-order chi connectivity index (χ1) is 8.66. The lowest BCUT2D eigenvalue weighted by Crippen LogP contribution is -2.44. The minimum Gasteiger partial charge on any atom is -0.399 e. The number of amides is 1. The third-order valence-electron chi connectivity index (χ3n) is 2.99. The summed E-state index contributed by atoms with van der Waals surface area (Å²) in [7, 11) is 0. The molecule has 18 heavy (non-hydrogen) atoms. The Labute approximate surface area is 112 Å². The Kier molecular flexibility index (Phi) is 4.44. The molecule has 1 aromatic rings. The smallest absolute Gasteiger partial charge is 0.241 e.